The summed E-state index contributed by atoms with van der Waals surface area (Å²) in [5, 5.41) is 3.56. The molecule has 29 heavy (non-hydrogen) atoms. The van der Waals surface area contributed by atoms with Gasteiger partial charge >= 0.3 is 0 Å². The molecule has 3 rings (SSSR count). The Bertz CT molecular complexity index is 1000. The number of benzene rings is 3. The first-order chi connectivity index (χ1) is 14.3. The number of hydrogen-bond acceptors (Lipinski definition) is 3. The summed E-state index contributed by atoms with van der Waals surface area (Å²) in [6, 6.07) is 29.6. The number of nitrogens with one attached hydrogen (secondary N) is 1. The predicted molar refractivity (Wildman–Crippen MR) is 124 cm³/mol. The van der Waals surface area contributed by atoms with Crippen molar-refractivity contribution < 1.29 is 0 Å². The van der Waals surface area contributed by atoms with Gasteiger partial charge in [0.15, 0.2) is 5.84 Å². The zero-order valence-electron chi connectivity index (χ0n) is 16.5. The van der Waals surface area contributed by atoms with Gasteiger partial charge in [0, 0.05) is 0 Å². The van der Waals surface area contributed by atoms with Crippen molar-refractivity contribution in [2.24, 2.45) is 16.8 Å². The first-order valence-corrected chi connectivity index (χ1v) is 9.63. The third-order valence-electron chi connectivity index (χ3n) is 4.76. The Hall–Kier alpha value is -3.63. The SMILES string of the molecule is CC/C(=C(\c1ccccc1)c1ccc(/C=C/C(=N/N)NN)cc1)c1ccccc1. The lowest BCUT2D eigenvalue weighted by molar-refractivity contribution is 1.01. The smallest absolute Gasteiger partial charge is 0.159 e. The number of amidine groups is 1. The summed E-state index contributed by atoms with van der Waals surface area (Å²) in [5.74, 6) is 11.0. The second-order valence-electron chi connectivity index (χ2n) is 6.55. The second kappa shape index (κ2) is 10.1. The van der Waals surface area contributed by atoms with Crippen molar-refractivity contribution in [3.8, 4) is 0 Å². The molecule has 3 aromatic carbocycles. The van der Waals surface area contributed by atoms with Crippen LogP contribution in [0.5, 0.6) is 0 Å². The molecule has 3 aromatic rings. The monoisotopic (exact) mass is 382 g/mol. The summed E-state index contributed by atoms with van der Waals surface area (Å²) in [5.41, 5.74) is 9.69. The summed E-state index contributed by atoms with van der Waals surface area (Å²) in [6.45, 7) is 2.20. The van der Waals surface area contributed by atoms with E-state index in [9.17, 15) is 0 Å². The minimum Gasteiger partial charge on any atom is -0.321 e. The van der Waals surface area contributed by atoms with E-state index in [4.69, 9.17) is 11.7 Å². The molecule has 0 amide bonds. The number of rotatable bonds is 6. The number of nitrogens with two attached hydrogens (primary N) is 2. The molecule has 0 aliphatic carbocycles. The van der Waals surface area contributed by atoms with Gasteiger partial charge in [0.2, 0.25) is 0 Å². The molecule has 0 spiro atoms. The van der Waals surface area contributed by atoms with Crippen molar-refractivity contribution in [1.82, 2.24) is 5.43 Å². The van der Waals surface area contributed by atoms with Crippen molar-refractivity contribution >= 4 is 23.1 Å². The van der Waals surface area contributed by atoms with Crippen LogP contribution in [0, 0.1) is 0 Å². The van der Waals surface area contributed by atoms with Gasteiger partial charge in [0.1, 0.15) is 0 Å². The number of hydrazone groups is 1. The molecule has 4 nitrogen and oxygen atoms in total. The van der Waals surface area contributed by atoms with Crippen LogP contribution in [0.4, 0.5) is 0 Å². The molecule has 0 unspecified atom stereocenters. The Labute approximate surface area is 172 Å². The van der Waals surface area contributed by atoms with Gasteiger partial charge < -0.3 is 11.3 Å². The maximum atomic E-state index is 5.36. The standard InChI is InChI=1S/C25H26N4/c1-2-23(20-9-5-3-6-10-20)25(21-11-7-4-8-12-21)22-16-13-19(14-17-22)15-18-24(28-26)29-27/h3-18H,2,26-27H2,1H3,(H,28,29)/b18-15+,25-23-. The Balaban J connectivity index is 2.07. The van der Waals surface area contributed by atoms with Crippen molar-refractivity contribution in [2.75, 3.05) is 0 Å². The van der Waals surface area contributed by atoms with Gasteiger partial charge in [0.25, 0.3) is 0 Å². The Morgan fingerprint density at radius 3 is 1.90 bits per heavy atom. The number of allylic oxidation sites excluding steroid dienone is 1. The summed E-state index contributed by atoms with van der Waals surface area (Å²) >= 11 is 0. The fourth-order valence-electron chi connectivity index (χ4n) is 3.35. The molecule has 0 saturated heterocycles. The van der Waals surface area contributed by atoms with Crippen LogP contribution in [0.1, 0.15) is 35.6 Å². The highest BCUT2D eigenvalue weighted by atomic mass is 15.3. The molecule has 4 heteroatoms. The average Bonchev–Trinajstić information content (AvgIpc) is 2.80. The van der Waals surface area contributed by atoms with Crippen LogP contribution in [-0.2, 0) is 0 Å². The molecular weight excluding hydrogens is 356 g/mol. The summed E-state index contributed by atoms with van der Waals surface area (Å²) in [7, 11) is 0. The summed E-state index contributed by atoms with van der Waals surface area (Å²) in [4.78, 5) is 0. The van der Waals surface area contributed by atoms with Crippen molar-refractivity contribution in [3.05, 3.63) is 113 Å². The molecule has 0 radical (unpaired) electrons. The highest BCUT2D eigenvalue weighted by Gasteiger charge is 2.12. The van der Waals surface area contributed by atoms with E-state index in [-0.39, 0.29) is 0 Å². The highest BCUT2D eigenvalue weighted by Crippen LogP contribution is 2.34. The summed E-state index contributed by atoms with van der Waals surface area (Å²) in [6.07, 6.45) is 4.60. The number of hydrazine groups is 1. The van der Waals surface area contributed by atoms with Gasteiger partial charge in [-0.3, -0.25) is 0 Å². The van der Waals surface area contributed by atoms with Gasteiger partial charge in [-0.2, -0.15) is 5.10 Å². The largest absolute Gasteiger partial charge is 0.321 e. The average molecular weight is 383 g/mol. The molecule has 0 aliphatic heterocycles. The van der Waals surface area contributed by atoms with Gasteiger partial charge in [-0.1, -0.05) is 97.9 Å². The van der Waals surface area contributed by atoms with E-state index in [2.05, 4.69) is 96.3 Å². The Morgan fingerprint density at radius 1 is 0.828 bits per heavy atom. The molecule has 0 aliphatic rings. The molecule has 146 valence electrons. The molecule has 0 heterocycles. The summed E-state index contributed by atoms with van der Waals surface area (Å²) < 4.78 is 0. The van der Waals surface area contributed by atoms with Crippen LogP contribution < -0.4 is 17.1 Å². The lowest BCUT2D eigenvalue weighted by Crippen LogP contribution is -2.29. The van der Waals surface area contributed by atoms with Gasteiger partial charge in [-0.15, -0.1) is 0 Å². The zero-order valence-corrected chi connectivity index (χ0v) is 16.5. The van der Waals surface area contributed by atoms with Crippen LogP contribution in [-0.4, -0.2) is 5.84 Å². The fourth-order valence-corrected chi connectivity index (χ4v) is 3.35. The fraction of sp³-hybridized carbons (Fsp3) is 0.0800. The Morgan fingerprint density at radius 2 is 1.38 bits per heavy atom. The molecule has 0 atom stereocenters. The van der Waals surface area contributed by atoms with Crippen LogP contribution in [0.15, 0.2) is 96.1 Å². The van der Waals surface area contributed by atoms with Crippen LogP contribution in [0.3, 0.4) is 0 Å². The van der Waals surface area contributed by atoms with E-state index in [0.29, 0.717) is 5.84 Å². The minimum absolute atomic E-state index is 0.413. The third-order valence-corrected chi connectivity index (χ3v) is 4.76. The number of hydrogen-bond donors (Lipinski definition) is 3. The quantitative estimate of drug-likeness (QED) is 0.188. The third kappa shape index (κ3) is 5.00. The normalized spacial score (nSPS) is 12.7. The first-order valence-electron chi connectivity index (χ1n) is 9.63. The van der Waals surface area contributed by atoms with Gasteiger partial charge in [-0.05, 0) is 45.9 Å². The van der Waals surface area contributed by atoms with Crippen LogP contribution in [0.25, 0.3) is 17.2 Å². The lowest BCUT2D eigenvalue weighted by Gasteiger charge is -2.16. The van der Waals surface area contributed by atoms with Crippen molar-refractivity contribution in [2.45, 2.75) is 13.3 Å². The van der Waals surface area contributed by atoms with Crippen LogP contribution >= 0.6 is 0 Å². The molecule has 0 aromatic heterocycles. The van der Waals surface area contributed by atoms with Gasteiger partial charge in [-0.25, -0.2) is 5.84 Å². The van der Waals surface area contributed by atoms with E-state index < -0.39 is 0 Å². The molecule has 0 bridgehead atoms. The van der Waals surface area contributed by atoms with E-state index in [1.807, 2.05) is 12.1 Å². The van der Waals surface area contributed by atoms with E-state index >= 15 is 0 Å². The second-order valence-corrected chi connectivity index (χ2v) is 6.55. The van der Waals surface area contributed by atoms with Crippen LogP contribution in [0.2, 0.25) is 0 Å². The van der Waals surface area contributed by atoms with E-state index in [1.54, 1.807) is 6.08 Å². The molecule has 0 saturated carbocycles. The maximum absolute atomic E-state index is 5.36. The van der Waals surface area contributed by atoms with Crippen molar-refractivity contribution in [1.29, 1.82) is 0 Å². The maximum Gasteiger partial charge on any atom is 0.159 e. The predicted octanol–water partition coefficient (Wildman–Crippen LogP) is 4.80. The first kappa shape index (κ1) is 20.1. The zero-order chi connectivity index (χ0) is 20.5. The molecule has 0 fully saturated rings. The Kier molecular flexibility index (Phi) is 6.98. The van der Waals surface area contributed by atoms with Gasteiger partial charge in [0.05, 0.1) is 0 Å². The molecular formula is C25H26N4. The topological polar surface area (TPSA) is 76.4 Å². The van der Waals surface area contributed by atoms with Crippen molar-refractivity contribution in [3.63, 3.8) is 0 Å². The highest BCUT2D eigenvalue weighted by molar-refractivity contribution is 5.99. The van der Waals surface area contributed by atoms with E-state index in [0.717, 1.165) is 12.0 Å². The van der Waals surface area contributed by atoms with E-state index in [1.165, 1.54) is 27.8 Å². The minimum atomic E-state index is 0.413. The lowest BCUT2D eigenvalue weighted by atomic mass is 9.88. The molecule has 5 N–H and O–H groups in total. The number of nitrogens with zero attached hydrogens (tertiary/aromatic N) is 1.